The lowest BCUT2D eigenvalue weighted by atomic mass is 10.2. The maximum Gasteiger partial charge on any atom is 0.256 e. The van der Waals surface area contributed by atoms with E-state index in [9.17, 15) is 9.59 Å². The summed E-state index contributed by atoms with van der Waals surface area (Å²) in [6.07, 6.45) is 0.0787. The van der Waals surface area contributed by atoms with Crippen LogP contribution in [0.4, 0.5) is 11.4 Å². The first-order valence-electron chi connectivity index (χ1n) is 7.65. The number of nitrogens with one attached hydrogen (secondary N) is 1. The molecule has 1 saturated heterocycles. The summed E-state index contributed by atoms with van der Waals surface area (Å²) in [5, 5.41) is 3.12. The molecule has 2 aromatic carbocycles. The molecule has 0 bridgehead atoms. The molecule has 1 atom stereocenters. The van der Waals surface area contributed by atoms with Crippen LogP contribution in [0, 0.1) is 0 Å². The Morgan fingerprint density at radius 3 is 2.56 bits per heavy atom. The smallest absolute Gasteiger partial charge is 0.256 e. The van der Waals surface area contributed by atoms with Gasteiger partial charge in [-0.1, -0.05) is 12.1 Å². The quantitative estimate of drug-likeness (QED) is 0.774. The first kappa shape index (κ1) is 17.3. The van der Waals surface area contributed by atoms with E-state index < -0.39 is 6.04 Å². The van der Waals surface area contributed by atoms with Gasteiger partial charge in [-0.3, -0.25) is 9.59 Å². The Labute approximate surface area is 153 Å². The summed E-state index contributed by atoms with van der Waals surface area (Å²) in [5.41, 5.74) is 1.17. The highest BCUT2D eigenvalue weighted by molar-refractivity contribution is 9.10. The molecule has 1 aliphatic heterocycles. The molecule has 0 radical (unpaired) electrons. The molecule has 0 saturated carbocycles. The summed E-state index contributed by atoms with van der Waals surface area (Å²) in [4.78, 5) is 26.4. The minimum atomic E-state index is -0.627. The number of imide groups is 1. The van der Waals surface area contributed by atoms with E-state index in [0.717, 1.165) is 15.1 Å². The maximum absolute atomic E-state index is 12.8. The summed E-state index contributed by atoms with van der Waals surface area (Å²) in [5.74, 6) is 0.396. The Kier molecular flexibility index (Phi) is 4.94. The van der Waals surface area contributed by atoms with Crippen LogP contribution in [0.5, 0.6) is 11.5 Å². The zero-order valence-electron chi connectivity index (χ0n) is 13.8. The van der Waals surface area contributed by atoms with Crippen LogP contribution >= 0.6 is 15.9 Å². The van der Waals surface area contributed by atoms with Gasteiger partial charge in [0.25, 0.3) is 5.91 Å². The maximum atomic E-state index is 12.8. The number of benzene rings is 2. The van der Waals surface area contributed by atoms with Crippen LogP contribution in [0.3, 0.4) is 0 Å². The number of amides is 2. The average molecular weight is 405 g/mol. The molecule has 1 aliphatic rings. The molecule has 1 unspecified atom stereocenters. The van der Waals surface area contributed by atoms with E-state index in [1.54, 1.807) is 18.2 Å². The van der Waals surface area contributed by atoms with Gasteiger partial charge in [0.1, 0.15) is 17.5 Å². The molecule has 2 aromatic rings. The van der Waals surface area contributed by atoms with Crippen molar-refractivity contribution in [3.63, 3.8) is 0 Å². The van der Waals surface area contributed by atoms with Gasteiger partial charge in [0.2, 0.25) is 5.91 Å². The predicted molar refractivity (Wildman–Crippen MR) is 98.2 cm³/mol. The number of hydrogen-bond acceptors (Lipinski definition) is 5. The van der Waals surface area contributed by atoms with Gasteiger partial charge in [0.15, 0.2) is 0 Å². The van der Waals surface area contributed by atoms with E-state index in [1.165, 1.54) is 14.2 Å². The topological polar surface area (TPSA) is 67.9 Å². The minimum Gasteiger partial charge on any atom is -0.497 e. The third-order valence-corrected chi connectivity index (χ3v) is 4.67. The lowest BCUT2D eigenvalue weighted by molar-refractivity contribution is -0.121. The highest BCUT2D eigenvalue weighted by Gasteiger charge is 2.41. The third kappa shape index (κ3) is 3.32. The SMILES string of the molecule is COc1ccc(N2C(=O)CC(Nc3ccccc3Br)C2=O)c(OC)c1. The number of anilines is 2. The van der Waals surface area contributed by atoms with Crippen molar-refractivity contribution >= 4 is 39.1 Å². The molecular weight excluding hydrogens is 388 g/mol. The van der Waals surface area contributed by atoms with Crippen molar-refractivity contribution in [2.24, 2.45) is 0 Å². The minimum absolute atomic E-state index is 0.0787. The van der Waals surface area contributed by atoms with Crippen LogP contribution < -0.4 is 19.7 Å². The molecule has 6 nitrogen and oxygen atoms in total. The van der Waals surface area contributed by atoms with Crippen LogP contribution in [-0.2, 0) is 9.59 Å². The van der Waals surface area contributed by atoms with E-state index >= 15 is 0 Å². The number of para-hydroxylation sites is 1. The molecule has 1 heterocycles. The molecule has 1 N–H and O–H groups in total. The lowest BCUT2D eigenvalue weighted by Crippen LogP contribution is -2.35. The van der Waals surface area contributed by atoms with Crippen molar-refractivity contribution in [2.75, 3.05) is 24.4 Å². The number of halogens is 1. The van der Waals surface area contributed by atoms with Gasteiger partial charge >= 0.3 is 0 Å². The van der Waals surface area contributed by atoms with Crippen molar-refractivity contribution in [2.45, 2.75) is 12.5 Å². The van der Waals surface area contributed by atoms with E-state index in [0.29, 0.717) is 17.2 Å². The Morgan fingerprint density at radius 2 is 1.88 bits per heavy atom. The molecule has 7 heteroatoms. The largest absolute Gasteiger partial charge is 0.497 e. The van der Waals surface area contributed by atoms with Gasteiger partial charge in [0, 0.05) is 16.2 Å². The van der Waals surface area contributed by atoms with Gasteiger partial charge in [-0.15, -0.1) is 0 Å². The van der Waals surface area contributed by atoms with Crippen molar-refractivity contribution in [3.05, 3.63) is 46.9 Å². The van der Waals surface area contributed by atoms with Crippen LogP contribution in [0.1, 0.15) is 6.42 Å². The summed E-state index contributed by atoms with van der Waals surface area (Å²) in [6, 6.07) is 11.8. The highest BCUT2D eigenvalue weighted by atomic mass is 79.9. The van der Waals surface area contributed by atoms with Gasteiger partial charge in [-0.25, -0.2) is 4.90 Å². The number of rotatable bonds is 5. The van der Waals surface area contributed by atoms with E-state index in [2.05, 4.69) is 21.2 Å². The standard InChI is InChI=1S/C18H17BrN2O4/c1-24-11-7-8-15(16(9-11)25-2)21-17(22)10-14(18(21)23)20-13-6-4-3-5-12(13)19/h3-9,14,20H,10H2,1-2H3. The molecular formula is C18H17BrN2O4. The van der Waals surface area contributed by atoms with Gasteiger partial charge < -0.3 is 14.8 Å². The van der Waals surface area contributed by atoms with E-state index in [4.69, 9.17) is 9.47 Å². The third-order valence-electron chi connectivity index (χ3n) is 3.98. The molecule has 0 spiro atoms. The predicted octanol–water partition coefficient (Wildman–Crippen LogP) is 3.21. The van der Waals surface area contributed by atoms with Crippen molar-refractivity contribution in [1.82, 2.24) is 0 Å². The number of ether oxygens (including phenoxy) is 2. The second-order valence-electron chi connectivity index (χ2n) is 5.49. The monoisotopic (exact) mass is 404 g/mol. The first-order valence-corrected chi connectivity index (χ1v) is 8.44. The Hall–Kier alpha value is -2.54. The fraction of sp³-hybridized carbons (Fsp3) is 0.222. The van der Waals surface area contributed by atoms with Gasteiger partial charge in [-0.05, 0) is 40.2 Å². The van der Waals surface area contributed by atoms with E-state index in [1.807, 2.05) is 24.3 Å². The van der Waals surface area contributed by atoms with Crippen molar-refractivity contribution < 1.29 is 19.1 Å². The lowest BCUT2D eigenvalue weighted by Gasteiger charge is -2.19. The van der Waals surface area contributed by atoms with Gasteiger partial charge in [0.05, 0.1) is 26.3 Å². The molecule has 25 heavy (non-hydrogen) atoms. The Bertz CT molecular complexity index is 824. The second-order valence-corrected chi connectivity index (χ2v) is 6.34. The molecule has 0 aliphatic carbocycles. The van der Waals surface area contributed by atoms with Crippen LogP contribution in [-0.4, -0.2) is 32.1 Å². The number of carbonyl (C=O) groups is 2. The summed E-state index contributed by atoms with van der Waals surface area (Å²) < 4.78 is 11.3. The molecule has 1 fully saturated rings. The summed E-state index contributed by atoms with van der Waals surface area (Å²) >= 11 is 3.43. The summed E-state index contributed by atoms with van der Waals surface area (Å²) in [6.45, 7) is 0. The normalized spacial score (nSPS) is 16.9. The zero-order chi connectivity index (χ0) is 18.0. The van der Waals surface area contributed by atoms with Crippen molar-refractivity contribution in [3.8, 4) is 11.5 Å². The summed E-state index contributed by atoms with van der Waals surface area (Å²) in [7, 11) is 3.03. The fourth-order valence-corrected chi connectivity index (χ4v) is 3.13. The molecule has 130 valence electrons. The Morgan fingerprint density at radius 1 is 1.12 bits per heavy atom. The Balaban J connectivity index is 1.88. The van der Waals surface area contributed by atoms with Crippen molar-refractivity contribution in [1.29, 1.82) is 0 Å². The van der Waals surface area contributed by atoms with Crippen LogP contribution in [0.2, 0.25) is 0 Å². The molecule has 0 aromatic heterocycles. The highest BCUT2D eigenvalue weighted by Crippen LogP contribution is 2.36. The average Bonchev–Trinajstić information content (AvgIpc) is 2.90. The number of nitrogens with zero attached hydrogens (tertiary/aromatic N) is 1. The molecule has 3 rings (SSSR count). The number of carbonyl (C=O) groups excluding carboxylic acids is 2. The second kappa shape index (κ2) is 7.14. The number of methoxy groups -OCH3 is 2. The van der Waals surface area contributed by atoms with Crippen LogP contribution in [0.15, 0.2) is 46.9 Å². The van der Waals surface area contributed by atoms with E-state index in [-0.39, 0.29) is 18.2 Å². The number of hydrogen-bond donors (Lipinski definition) is 1. The van der Waals surface area contributed by atoms with Gasteiger partial charge in [-0.2, -0.15) is 0 Å². The molecule has 2 amide bonds. The first-order chi connectivity index (χ1) is 12.0. The van der Waals surface area contributed by atoms with Crippen LogP contribution in [0.25, 0.3) is 0 Å². The zero-order valence-corrected chi connectivity index (χ0v) is 15.4. The fourth-order valence-electron chi connectivity index (χ4n) is 2.73.